The molecular formula is C23H19NO2. The number of nitriles is 1. The van der Waals surface area contributed by atoms with Gasteiger partial charge in [0.2, 0.25) is 0 Å². The number of hydrogen-bond acceptors (Lipinski definition) is 3. The van der Waals surface area contributed by atoms with E-state index in [2.05, 4.69) is 6.07 Å². The predicted octanol–water partition coefficient (Wildman–Crippen LogP) is 4.99. The molecule has 3 aromatic rings. The Morgan fingerprint density at radius 2 is 1.50 bits per heavy atom. The van der Waals surface area contributed by atoms with E-state index in [0.717, 1.165) is 16.7 Å². The Morgan fingerprint density at radius 3 is 2.08 bits per heavy atom. The molecule has 3 heteroatoms. The number of hydrogen-bond donors (Lipinski definition) is 0. The number of aryl methyl sites for hydroxylation is 2. The highest BCUT2D eigenvalue weighted by molar-refractivity contribution is 5.75. The average Bonchev–Trinajstić information content (AvgIpc) is 2.65. The molecule has 0 bridgehead atoms. The van der Waals surface area contributed by atoms with Crippen LogP contribution in [0.2, 0.25) is 0 Å². The SMILES string of the molecule is Cc1ccc(CC(=O)Oc2ccc(-c3ccc(C#N)cc3)cc2)cc1C. The molecule has 3 nitrogen and oxygen atoms in total. The Morgan fingerprint density at radius 1 is 0.885 bits per heavy atom. The van der Waals surface area contributed by atoms with Crippen molar-refractivity contribution in [3.05, 3.63) is 89.0 Å². The van der Waals surface area contributed by atoms with Crippen LogP contribution < -0.4 is 4.74 Å². The van der Waals surface area contributed by atoms with Crippen molar-refractivity contribution >= 4 is 5.97 Å². The van der Waals surface area contributed by atoms with Crippen molar-refractivity contribution in [2.75, 3.05) is 0 Å². The number of carbonyl (C=O) groups is 1. The third-order valence-electron chi connectivity index (χ3n) is 4.35. The molecule has 0 atom stereocenters. The first-order valence-electron chi connectivity index (χ1n) is 8.42. The Bertz CT molecular complexity index is 965. The van der Waals surface area contributed by atoms with Crippen molar-refractivity contribution in [1.29, 1.82) is 5.26 Å². The first-order chi connectivity index (χ1) is 12.5. The summed E-state index contributed by atoms with van der Waals surface area (Å²) in [5.41, 5.74) is 5.97. The van der Waals surface area contributed by atoms with Gasteiger partial charge in [-0.25, -0.2) is 0 Å². The minimum absolute atomic E-state index is 0.249. The molecular weight excluding hydrogens is 322 g/mol. The zero-order valence-corrected chi connectivity index (χ0v) is 14.8. The molecule has 0 amide bonds. The maximum absolute atomic E-state index is 12.2. The molecule has 0 aromatic heterocycles. The number of rotatable bonds is 4. The maximum atomic E-state index is 12.2. The summed E-state index contributed by atoms with van der Waals surface area (Å²) < 4.78 is 5.43. The van der Waals surface area contributed by atoms with Gasteiger partial charge in [-0.3, -0.25) is 4.79 Å². The quantitative estimate of drug-likeness (QED) is 0.496. The van der Waals surface area contributed by atoms with Crippen LogP contribution in [-0.2, 0) is 11.2 Å². The zero-order chi connectivity index (χ0) is 18.5. The first kappa shape index (κ1) is 17.4. The van der Waals surface area contributed by atoms with E-state index in [9.17, 15) is 4.79 Å². The Balaban J connectivity index is 1.65. The van der Waals surface area contributed by atoms with Crippen molar-refractivity contribution in [1.82, 2.24) is 0 Å². The van der Waals surface area contributed by atoms with Gasteiger partial charge in [-0.05, 0) is 65.9 Å². The number of nitrogens with zero attached hydrogens (tertiary/aromatic N) is 1. The van der Waals surface area contributed by atoms with Gasteiger partial charge in [-0.1, -0.05) is 42.5 Å². The van der Waals surface area contributed by atoms with Crippen molar-refractivity contribution in [2.24, 2.45) is 0 Å². The van der Waals surface area contributed by atoms with E-state index >= 15 is 0 Å². The smallest absolute Gasteiger partial charge is 0.315 e. The normalized spacial score (nSPS) is 10.2. The van der Waals surface area contributed by atoms with Gasteiger partial charge < -0.3 is 4.74 Å². The molecule has 0 heterocycles. The van der Waals surface area contributed by atoms with Crippen molar-refractivity contribution < 1.29 is 9.53 Å². The van der Waals surface area contributed by atoms with E-state index in [4.69, 9.17) is 10.00 Å². The van der Waals surface area contributed by atoms with Crippen LogP contribution in [0.1, 0.15) is 22.3 Å². The van der Waals surface area contributed by atoms with E-state index in [0.29, 0.717) is 11.3 Å². The third-order valence-corrected chi connectivity index (χ3v) is 4.35. The summed E-state index contributed by atoms with van der Waals surface area (Å²) in [5, 5.41) is 8.86. The molecule has 0 unspecified atom stereocenters. The standard InChI is InChI=1S/C23H19NO2/c1-16-3-4-19(13-17(16)2)14-23(25)26-22-11-9-21(10-12-22)20-7-5-18(15-24)6-8-20/h3-13H,14H2,1-2H3. The van der Waals surface area contributed by atoms with Crippen molar-refractivity contribution in [3.8, 4) is 22.9 Å². The topological polar surface area (TPSA) is 50.1 Å². The summed E-state index contributed by atoms with van der Waals surface area (Å²) in [7, 11) is 0. The summed E-state index contributed by atoms with van der Waals surface area (Å²) in [6.45, 7) is 4.08. The van der Waals surface area contributed by atoms with Gasteiger partial charge >= 0.3 is 5.97 Å². The lowest BCUT2D eigenvalue weighted by atomic mass is 10.0. The van der Waals surface area contributed by atoms with Gasteiger partial charge in [0.15, 0.2) is 0 Å². The number of benzene rings is 3. The Labute approximate surface area is 153 Å². The molecule has 0 fully saturated rings. The number of esters is 1. The van der Waals surface area contributed by atoms with Crippen LogP contribution >= 0.6 is 0 Å². The molecule has 3 rings (SSSR count). The molecule has 0 aliphatic carbocycles. The highest BCUT2D eigenvalue weighted by atomic mass is 16.5. The fourth-order valence-corrected chi connectivity index (χ4v) is 2.70. The average molecular weight is 341 g/mol. The fourth-order valence-electron chi connectivity index (χ4n) is 2.70. The second kappa shape index (κ2) is 7.67. The first-order valence-corrected chi connectivity index (χ1v) is 8.42. The molecule has 3 aromatic carbocycles. The second-order valence-corrected chi connectivity index (χ2v) is 6.28. The summed E-state index contributed by atoms with van der Waals surface area (Å²) in [6, 6.07) is 22.8. The van der Waals surface area contributed by atoms with Gasteiger partial charge in [0.05, 0.1) is 18.1 Å². The molecule has 0 aliphatic rings. The lowest BCUT2D eigenvalue weighted by Crippen LogP contribution is -2.11. The molecule has 0 saturated carbocycles. The van der Waals surface area contributed by atoms with Crippen LogP contribution in [0.5, 0.6) is 5.75 Å². The van der Waals surface area contributed by atoms with E-state index in [1.54, 1.807) is 24.3 Å². The predicted molar refractivity (Wildman–Crippen MR) is 102 cm³/mol. The van der Waals surface area contributed by atoms with Crippen LogP contribution in [0.4, 0.5) is 0 Å². The molecule has 0 N–H and O–H groups in total. The lowest BCUT2D eigenvalue weighted by Gasteiger charge is -2.07. The minimum atomic E-state index is -0.278. The molecule has 0 saturated heterocycles. The maximum Gasteiger partial charge on any atom is 0.315 e. The summed E-state index contributed by atoms with van der Waals surface area (Å²) >= 11 is 0. The van der Waals surface area contributed by atoms with Crippen LogP contribution in [0.3, 0.4) is 0 Å². The summed E-state index contributed by atoms with van der Waals surface area (Å²) in [6.07, 6.45) is 0.249. The van der Waals surface area contributed by atoms with Gasteiger partial charge in [-0.15, -0.1) is 0 Å². The zero-order valence-electron chi connectivity index (χ0n) is 14.8. The minimum Gasteiger partial charge on any atom is -0.426 e. The van der Waals surface area contributed by atoms with E-state index in [-0.39, 0.29) is 12.4 Å². The second-order valence-electron chi connectivity index (χ2n) is 6.28. The van der Waals surface area contributed by atoms with Crippen LogP contribution in [0.15, 0.2) is 66.7 Å². The van der Waals surface area contributed by atoms with Crippen LogP contribution in [0, 0.1) is 25.2 Å². The largest absolute Gasteiger partial charge is 0.426 e. The van der Waals surface area contributed by atoms with E-state index < -0.39 is 0 Å². The van der Waals surface area contributed by atoms with Crippen LogP contribution in [-0.4, -0.2) is 5.97 Å². The molecule has 128 valence electrons. The monoisotopic (exact) mass is 341 g/mol. The van der Waals surface area contributed by atoms with Crippen molar-refractivity contribution in [2.45, 2.75) is 20.3 Å². The summed E-state index contributed by atoms with van der Waals surface area (Å²) in [5.74, 6) is 0.246. The molecule has 0 spiro atoms. The highest BCUT2D eigenvalue weighted by Crippen LogP contribution is 2.23. The van der Waals surface area contributed by atoms with Gasteiger partial charge in [0.1, 0.15) is 5.75 Å². The molecule has 0 aliphatic heterocycles. The molecule has 0 radical (unpaired) electrons. The van der Waals surface area contributed by atoms with Gasteiger partial charge in [0, 0.05) is 0 Å². The van der Waals surface area contributed by atoms with Crippen LogP contribution in [0.25, 0.3) is 11.1 Å². The van der Waals surface area contributed by atoms with E-state index in [1.807, 2.05) is 56.3 Å². The highest BCUT2D eigenvalue weighted by Gasteiger charge is 2.08. The van der Waals surface area contributed by atoms with Gasteiger partial charge in [-0.2, -0.15) is 5.26 Å². The molecule has 26 heavy (non-hydrogen) atoms. The Hall–Kier alpha value is -3.38. The fraction of sp³-hybridized carbons (Fsp3) is 0.130. The third kappa shape index (κ3) is 4.17. The van der Waals surface area contributed by atoms with Gasteiger partial charge in [0.25, 0.3) is 0 Å². The summed E-state index contributed by atoms with van der Waals surface area (Å²) in [4.78, 5) is 12.2. The Kier molecular flexibility index (Phi) is 5.15. The number of ether oxygens (including phenoxy) is 1. The van der Waals surface area contributed by atoms with E-state index in [1.165, 1.54) is 11.1 Å². The van der Waals surface area contributed by atoms with Crippen molar-refractivity contribution in [3.63, 3.8) is 0 Å². The number of carbonyl (C=O) groups excluding carboxylic acids is 1. The lowest BCUT2D eigenvalue weighted by molar-refractivity contribution is -0.133.